The van der Waals surface area contributed by atoms with Crippen LogP contribution in [0.3, 0.4) is 0 Å². The number of para-hydroxylation sites is 2. The van der Waals surface area contributed by atoms with Crippen molar-refractivity contribution in [2.24, 2.45) is 0 Å². The summed E-state index contributed by atoms with van der Waals surface area (Å²) in [7, 11) is -6.09. The van der Waals surface area contributed by atoms with Crippen molar-refractivity contribution >= 4 is 37.3 Å². The van der Waals surface area contributed by atoms with Gasteiger partial charge in [-0.25, -0.2) is 21.6 Å². The first kappa shape index (κ1) is 24.8. The van der Waals surface area contributed by atoms with Gasteiger partial charge in [-0.2, -0.15) is 0 Å². The smallest absolute Gasteiger partial charge is 0.267 e. The topological polar surface area (TPSA) is 131 Å². The van der Waals surface area contributed by atoms with E-state index in [4.69, 9.17) is 9.47 Å². The summed E-state index contributed by atoms with van der Waals surface area (Å²) in [6, 6.07) is 10.3. The summed E-state index contributed by atoms with van der Waals surface area (Å²) < 4.78 is 65.0. The third kappa shape index (κ3) is 5.40. The lowest BCUT2D eigenvalue weighted by Gasteiger charge is -2.34. The second-order valence-corrected chi connectivity index (χ2v) is 11.5. The molecule has 0 aliphatic carbocycles. The standard InChI is InChI=1S/C21H27N3O7S2/c1-5-32(26,27)24-13-20(31-19-9-7-6-8-17(19)24)21(25)22-16-12-15(10-11-18(16)30-4)33(28,29)23-14(2)3/h6-12,14,20,23H,5,13H2,1-4H3,(H,22,25)/t20-/m1/s1. The van der Waals surface area contributed by atoms with Crippen LogP contribution in [0.1, 0.15) is 20.8 Å². The predicted molar refractivity (Wildman–Crippen MR) is 125 cm³/mol. The van der Waals surface area contributed by atoms with E-state index in [2.05, 4.69) is 10.0 Å². The molecule has 0 fully saturated rings. The van der Waals surface area contributed by atoms with Crippen LogP contribution in [0.25, 0.3) is 0 Å². The molecule has 0 aromatic heterocycles. The Kier molecular flexibility index (Phi) is 7.20. The second-order valence-electron chi connectivity index (χ2n) is 7.63. The van der Waals surface area contributed by atoms with Crippen molar-refractivity contribution in [3.63, 3.8) is 0 Å². The number of amides is 1. The number of nitrogens with one attached hydrogen (secondary N) is 2. The quantitative estimate of drug-likeness (QED) is 0.570. The first-order valence-electron chi connectivity index (χ1n) is 10.3. The first-order valence-corrected chi connectivity index (χ1v) is 13.3. The number of sulfonamides is 2. The molecule has 1 atom stereocenters. The van der Waals surface area contributed by atoms with Gasteiger partial charge in [-0.05, 0) is 51.1 Å². The van der Waals surface area contributed by atoms with E-state index in [1.54, 1.807) is 38.1 Å². The number of hydrogen-bond donors (Lipinski definition) is 2. The number of fused-ring (bicyclic) bond motifs is 1. The Morgan fingerprint density at radius 2 is 1.88 bits per heavy atom. The molecule has 1 heterocycles. The number of nitrogens with zero attached hydrogens (tertiary/aromatic N) is 1. The molecule has 10 nitrogen and oxygen atoms in total. The van der Waals surface area contributed by atoms with Crippen molar-refractivity contribution in [2.45, 2.75) is 37.8 Å². The zero-order chi connectivity index (χ0) is 24.4. The molecule has 2 aromatic rings. The highest BCUT2D eigenvalue weighted by Gasteiger charge is 2.36. The number of benzene rings is 2. The van der Waals surface area contributed by atoms with Gasteiger partial charge in [0.05, 0.1) is 35.7 Å². The van der Waals surface area contributed by atoms with Crippen molar-refractivity contribution in [2.75, 3.05) is 29.0 Å². The lowest BCUT2D eigenvalue weighted by atomic mass is 10.2. The van der Waals surface area contributed by atoms with Crippen LogP contribution in [0, 0.1) is 0 Å². The van der Waals surface area contributed by atoms with E-state index in [1.807, 2.05) is 0 Å². The van der Waals surface area contributed by atoms with Crippen LogP contribution in [0.2, 0.25) is 0 Å². The number of rotatable bonds is 8. The number of carbonyl (C=O) groups excluding carboxylic acids is 1. The minimum absolute atomic E-state index is 0.0580. The van der Waals surface area contributed by atoms with Crippen molar-refractivity contribution < 1.29 is 31.1 Å². The maximum Gasteiger partial charge on any atom is 0.267 e. The minimum atomic E-state index is -3.81. The minimum Gasteiger partial charge on any atom is -0.495 e. The van der Waals surface area contributed by atoms with E-state index in [1.165, 1.54) is 32.2 Å². The predicted octanol–water partition coefficient (Wildman–Crippen LogP) is 1.94. The summed E-state index contributed by atoms with van der Waals surface area (Å²) in [5.41, 5.74) is 0.468. The lowest BCUT2D eigenvalue weighted by Crippen LogP contribution is -2.49. The molecule has 180 valence electrons. The summed E-state index contributed by atoms with van der Waals surface area (Å²) in [5, 5.41) is 2.62. The van der Waals surface area contributed by atoms with Crippen LogP contribution in [0.15, 0.2) is 47.4 Å². The van der Waals surface area contributed by atoms with Gasteiger partial charge >= 0.3 is 0 Å². The highest BCUT2D eigenvalue weighted by Crippen LogP contribution is 2.36. The van der Waals surface area contributed by atoms with E-state index in [9.17, 15) is 21.6 Å². The van der Waals surface area contributed by atoms with Crippen LogP contribution in [-0.4, -0.2) is 54.3 Å². The van der Waals surface area contributed by atoms with Crippen LogP contribution in [-0.2, 0) is 24.8 Å². The van der Waals surface area contributed by atoms with Gasteiger partial charge in [-0.3, -0.25) is 9.10 Å². The maximum absolute atomic E-state index is 13.1. The van der Waals surface area contributed by atoms with Crippen molar-refractivity contribution in [1.82, 2.24) is 4.72 Å². The Morgan fingerprint density at radius 3 is 2.52 bits per heavy atom. The van der Waals surface area contributed by atoms with E-state index in [0.29, 0.717) is 5.69 Å². The molecule has 2 aromatic carbocycles. The number of ether oxygens (including phenoxy) is 2. The van der Waals surface area contributed by atoms with Crippen molar-refractivity contribution in [3.05, 3.63) is 42.5 Å². The molecule has 1 aliphatic rings. The molecule has 0 spiro atoms. The van der Waals surface area contributed by atoms with E-state index < -0.39 is 32.1 Å². The highest BCUT2D eigenvalue weighted by atomic mass is 32.2. The average Bonchev–Trinajstić information content (AvgIpc) is 2.77. The van der Waals surface area contributed by atoms with Crippen LogP contribution in [0.5, 0.6) is 11.5 Å². The monoisotopic (exact) mass is 497 g/mol. The SMILES string of the molecule is CCS(=O)(=O)N1C[C@H](C(=O)Nc2cc(S(=O)(=O)NC(C)C)ccc2OC)Oc2ccccc21. The Balaban J connectivity index is 1.92. The largest absolute Gasteiger partial charge is 0.495 e. The van der Waals surface area contributed by atoms with E-state index in [-0.39, 0.29) is 40.4 Å². The second kappa shape index (κ2) is 9.57. The zero-order valence-corrected chi connectivity index (χ0v) is 20.4. The highest BCUT2D eigenvalue weighted by molar-refractivity contribution is 7.92. The lowest BCUT2D eigenvalue weighted by molar-refractivity contribution is -0.122. The van der Waals surface area contributed by atoms with Gasteiger partial charge in [-0.1, -0.05) is 12.1 Å². The third-order valence-electron chi connectivity index (χ3n) is 4.86. The summed E-state index contributed by atoms with van der Waals surface area (Å²) in [5.74, 6) is -0.302. The summed E-state index contributed by atoms with van der Waals surface area (Å²) in [6.07, 6.45) is -1.17. The fraction of sp³-hybridized carbons (Fsp3) is 0.381. The number of anilines is 2. The molecule has 1 aliphatic heterocycles. The molecule has 2 N–H and O–H groups in total. The fourth-order valence-electron chi connectivity index (χ4n) is 3.30. The molecule has 0 unspecified atom stereocenters. The Bertz CT molecular complexity index is 1240. The van der Waals surface area contributed by atoms with E-state index >= 15 is 0 Å². The van der Waals surface area contributed by atoms with Gasteiger partial charge in [0.2, 0.25) is 20.0 Å². The van der Waals surface area contributed by atoms with Crippen LogP contribution in [0.4, 0.5) is 11.4 Å². The van der Waals surface area contributed by atoms with Crippen molar-refractivity contribution in [1.29, 1.82) is 0 Å². The molecule has 1 amide bonds. The molecule has 0 radical (unpaired) electrons. The van der Waals surface area contributed by atoms with E-state index in [0.717, 1.165) is 4.31 Å². The number of carbonyl (C=O) groups is 1. The zero-order valence-electron chi connectivity index (χ0n) is 18.7. The van der Waals surface area contributed by atoms with Gasteiger partial charge in [0, 0.05) is 6.04 Å². The van der Waals surface area contributed by atoms with Crippen molar-refractivity contribution in [3.8, 4) is 11.5 Å². The molecule has 0 bridgehead atoms. The molecule has 0 saturated carbocycles. The fourth-order valence-corrected chi connectivity index (χ4v) is 5.70. The summed E-state index contributed by atoms with van der Waals surface area (Å²) in [6.45, 7) is 4.68. The number of hydrogen-bond acceptors (Lipinski definition) is 7. The average molecular weight is 498 g/mol. The number of methoxy groups -OCH3 is 1. The Morgan fingerprint density at radius 1 is 1.18 bits per heavy atom. The third-order valence-corrected chi connectivity index (χ3v) is 8.26. The van der Waals surface area contributed by atoms with Crippen LogP contribution >= 0.6 is 0 Å². The van der Waals surface area contributed by atoms with Gasteiger partial charge in [-0.15, -0.1) is 0 Å². The summed E-state index contributed by atoms with van der Waals surface area (Å²) in [4.78, 5) is 13.0. The first-order chi connectivity index (χ1) is 15.5. The Hall–Kier alpha value is -2.83. The van der Waals surface area contributed by atoms with Gasteiger partial charge < -0.3 is 14.8 Å². The Labute approximate surface area is 194 Å². The molecule has 3 rings (SSSR count). The molecular weight excluding hydrogens is 470 g/mol. The van der Waals surface area contributed by atoms with Crippen LogP contribution < -0.4 is 23.8 Å². The maximum atomic E-state index is 13.1. The summed E-state index contributed by atoms with van der Waals surface area (Å²) >= 11 is 0. The molecule has 33 heavy (non-hydrogen) atoms. The van der Waals surface area contributed by atoms with Gasteiger partial charge in [0.25, 0.3) is 5.91 Å². The van der Waals surface area contributed by atoms with Gasteiger partial charge in [0.15, 0.2) is 6.10 Å². The molecular formula is C21H27N3O7S2. The van der Waals surface area contributed by atoms with Gasteiger partial charge in [0.1, 0.15) is 11.5 Å². The molecule has 0 saturated heterocycles. The molecule has 12 heteroatoms. The normalized spacial score (nSPS) is 16.2.